The minimum absolute atomic E-state index is 0.0405. The van der Waals surface area contributed by atoms with Gasteiger partial charge in [-0.1, -0.05) is 19.3 Å². The molecule has 0 bridgehead atoms. The van der Waals surface area contributed by atoms with E-state index in [0.717, 1.165) is 25.7 Å². The molecule has 158 valence electrons. The molecule has 4 rings (SSSR count). The fraction of sp³-hybridized carbons (Fsp3) is 0.600. The highest BCUT2D eigenvalue weighted by Crippen LogP contribution is 2.27. The number of nitrogens with zero attached hydrogens (tertiary/aromatic N) is 2. The van der Waals surface area contributed by atoms with Crippen LogP contribution in [0.4, 0.5) is 0 Å². The Balaban J connectivity index is 1.50. The van der Waals surface area contributed by atoms with Gasteiger partial charge in [-0.2, -0.15) is 4.31 Å². The van der Waals surface area contributed by atoms with Gasteiger partial charge in [-0.25, -0.2) is 13.2 Å². The Bertz CT molecular complexity index is 1070. The maximum Gasteiger partial charge on any atom is 0.419 e. The maximum atomic E-state index is 13.1. The van der Waals surface area contributed by atoms with E-state index in [1.165, 1.54) is 27.4 Å². The Morgan fingerprint density at radius 3 is 2.66 bits per heavy atom. The van der Waals surface area contributed by atoms with Crippen LogP contribution in [0, 0.1) is 5.92 Å². The largest absolute Gasteiger partial charge is 0.419 e. The van der Waals surface area contributed by atoms with Gasteiger partial charge in [-0.15, -0.1) is 0 Å². The van der Waals surface area contributed by atoms with Gasteiger partial charge in [0.25, 0.3) is 0 Å². The molecule has 1 saturated carbocycles. The van der Waals surface area contributed by atoms with E-state index in [1.807, 2.05) is 0 Å². The minimum Gasteiger partial charge on any atom is -0.408 e. The van der Waals surface area contributed by atoms with E-state index < -0.39 is 15.8 Å². The summed E-state index contributed by atoms with van der Waals surface area (Å²) < 4.78 is 34.1. The van der Waals surface area contributed by atoms with Crippen LogP contribution < -0.4 is 11.1 Å². The molecule has 0 radical (unpaired) electrons. The molecule has 2 fully saturated rings. The first-order valence-electron chi connectivity index (χ1n) is 10.3. The second-order valence-electron chi connectivity index (χ2n) is 8.10. The molecule has 1 atom stereocenters. The van der Waals surface area contributed by atoms with E-state index in [2.05, 4.69) is 5.32 Å². The Hall–Kier alpha value is -2.13. The lowest BCUT2D eigenvalue weighted by Gasteiger charge is -2.32. The van der Waals surface area contributed by atoms with Gasteiger partial charge in [0.15, 0.2) is 5.58 Å². The number of sulfonamides is 1. The zero-order valence-electron chi connectivity index (χ0n) is 16.6. The number of rotatable bonds is 4. The van der Waals surface area contributed by atoms with Gasteiger partial charge in [-0.3, -0.25) is 9.36 Å². The van der Waals surface area contributed by atoms with E-state index >= 15 is 0 Å². The van der Waals surface area contributed by atoms with Crippen LogP contribution >= 0.6 is 0 Å². The second kappa shape index (κ2) is 7.95. The van der Waals surface area contributed by atoms with Crippen LogP contribution in [-0.2, 0) is 21.9 Å². The van der Waals surface area contributed by atoms with Crippen LogP contribution in [0.1, 0.15) is 44.9 Å². The zero-order chi connectivity index (χ0) is 20.6. The van der Waals surface area contributed by atoms with Crippen molar-refractivity contribution in [3.63, 3.8) is 0 Å². The van der Waals surface area contributed by atoms with Gasteiger partial charge in [0.05, 0.1) is 16.3 Å². The molecule has 2 aliphatic rings. The fourth-order valence-electron chi connectivity index (χ4n) is 4.36. The van der Waals surface area contributed by atoms with Crippen LogP contribution in [0.25, 0.3) is 11.1 Å². The molecule has 2 heterocycles. The quantitative estimate of drug-likeness (QED) is 0.813. The Morgan fingerprint density at radius 1 is 1.14 bits per heavy atom. The molecule has 29 heavy (non-hydrogen) atoms. The number of carbonyl (C=O) groups is 1. The van der Waals surface area contributed by atoms with Crippen LogP contribution in [0.15, 0.2) is 32.3 Å². The highest BCUT2D eigenvalue weighted by Gasteiger charge is 2.34. The molecule has 0 spiro atoms. The topological polar surface area (TPSA) is 102 Å². The molecular weight excluding hydrogens is 394 g/mol. The van der Waals surface area contributed by atoms with Crippen molar-refractivity contribution >= 4 is 27.0 Å². The molecule has 1 aliphatic carbocycles. The Morgan fingerprint density at radius 2 is 1.90 bits per heavy atom. The molecule has 1 amide bonds. The normalized spacial score (nSPS) is 22.0. The molecule has 9 heteroatoms. The maximum absolute atomic E-state index is 13.1. The third kappa shape index (κ3) is 3.98. The van der Waals surface area contributed by atoms with E-state index in [1.54, 1.807) is 13.1 Å². The Labute approximate surface area is 169 Å². The molecular formula is C20H27N3O5S. The van der Waals surface area contributed by atoms with Crippen molar-refractivity contribution in [1.29, 1.82) is 0 Å². The molecule has 1 aliphatic heterocycles. The lowest BCUT2D eigenvalue weighted by atomic mass is 9.93. The number of aromatic nitrogens is 1. The number of oxazole rings is 1. The molecule has 1 aromatic carbocycles. The lowest BCUT2D eigenvalue weighted by Crippen LogP contribution is -2.47. The van der Waals surface area contributed by atoms with E-state index in [9.17, 15) is 18.0 Å². The standard InChI is InChI=1S/C20H27N3O5S/c1-22-17-10-9-16(12-18(17)28-20(22)25)29(26,27)23-11-5-6-14(13-23)19(24)21-15-7-3-2-4-8-15/h9-10,12,14-15H,2-8,11,13H2,1H3,(H,21,24)/t14-/m1/s1. The predicted molar refractivity (Wildman–Crippen MR) is 108 cm³/mol. The van der Waals surface area contributed by atoms with Gasteiger partial charge >= 0.3 is 5.76 Å². The summed E-state index contributed by atoms with van der Waals surface area (Å²) in [6, 6.07) is 4.66. The number of nitrogens with one attached hydrogen (secondary N) is 1. The molecule has 1 saturated heterocycles. The molecule has 2 aromatic rings. The predicted octanol–water partition coefficient (Wildman–Crippen LogP) is 1.98. The van der Waals surface area contributed by atoms with Crippen molar-refractivity contribution in [3.05, 3.63) is 28.7 Å². The summed E-state index contributed by atoms with van der Waals surface area (Å²) in [5.41, 5.74) is 0.777. The van der Waals surface area contributed by atoms with Gasteiger partial charge < -0.3 is 9.73 Å². The average molecular weight is 422 g/mol. The first kappa shape index (κ1) is 20.2. The van der Waals surface area contributed by atoms with Crippen molar-refractivity contribution in [1.82, 2.24) is 14.2 Å². The smallest absolute Gasteiger partial charge is 0.408 e. The molecule has 8 nitrogen and oxygen atoms in total. The summed E-state index contributed by atoms with van der Waals surface area (Å²) in [4.78, 5) is 24.5. The summed E-state index contributed by atoms with van der Waals surface area (Å²) in [5.74, 6) is -0.910. The first-order chi connectivity index (χ1) is 13.9. The lowest BCUT2D eigenvalue weighted by molar-refractivity contribution is -0.127. The van der Waals surface area contributed by atoms with Gasteiger partial charge in [-0.05, 0) is 37.8 Å². The van der Waals surface area contributed by atoms with Crippen molar-refractivity contribution in [3.8, 4) is 0 Å². The third-order valence-electron chi connectivity index (χ3n) is 6.11. The average Bonchev–Trinajstić information content (AvgIpc) is 3.02. The monoisotopic (exact) mass is 421 g/mol. The summed E-state index contributed by atoms with van der Waals surface area (Å²) in [6.07, 6.45) is 6.82. The zero-order valence-corrected chi connectivity index (χ0v) is 17.4. The second-order valence-corrected chi connectivity index (χ2v) is 10.0. The Kier molecular flexibility index (Phi) is 5.52. The highest BCUT2D eigenvalue weighted by atomic mass is 32.2. The number of carbonyl (C=O) groups excluding carboxylic acids is 1. The van der Waals surface area contributed by atoms with E-state index in [0.29, 0.717) is 24.9 Å². The number of hydrogen-bond donors (Lipinski definition) is 1. The van der Waals surface area contributed by atoms with Crippen LogP contribution in [-0.4, -0.2) is 42.3 Å². The number of hydrogen-bond acceptors (Lipinski definition) is 5. The van der Waals surface area contributed by atoms with Gasteiger partial charge in [0.1, 0.15) is 0 Å². The summed E-state index contributed by atoms with van der Waals surface area (Å²) in [7, 11) is -2.20. The van der Waals surface area contributed by atoms with Crippen LogP contribution in [0.5, 0.6) is 0 Å². The van der Waals surface area contributed by atoms with E-state index in [4.69, 9.17) is 4.42 Å². The number of aryl methyl sites for hydroxylation is 1. The summed E-state index contributed by atoms with van der Waals surface area (Å²) >= 11 is 0. The van der Waals surface area contributed by atoms with Crippen LogP contribution in [0.3, 0.4) is 0 Å². The summed E-state index contributed by atoms with van der Waals surface area (Å²) in [6.45, 7) is 0.560. The van der Waals surface area contributed by atoms with E-state index in [-0.39, 0.29) is 34.9 Å². The van der Waals surface area contributed by atoms with Gasteiger partial charge in [0.2, 0.25) is 15.9 Å². The molecule has 1 aromatic heterocycles. The number of benzene rings is 1. The molecule has 0 unspecified atom stereocenters. The first-order valence-corrected chi connectivity index (χ1v) is 11.7. The number of piperidine rings is 1. The van der Waals surface area contributed by atoms with Crippen molar-refractivity contribution in [2.45, 2.75) is 55.9 Å². The number of amides is 1. The van der Waals surface area contributed by atoms with Crippen molar-refractivity contribution < 1.29 is 17.6 Å². The van der Waals surface area contributed by atoms with Crippen LogP contribution in [0.2, 0.25) is 0 Å². The minimum atomic E-state index is -3.77. The fourth-order valence-corrected chi connectivity index (χ4v) is 5.90. The highest BCUT2D eigenvalue weighted by molar-refractivity contribution is 7.89. The van der Waals surface area contributed by atoms with Crippen molar-refractivity contribution in [2.24, 2.45) is 13.0 Å². The summed E-state index contributed by atoms with van der Waals surface area (Å²) in [5, 5.41) is 3.12. The van der Waals surface area contributed by atoms with Gasteiger partial charge in [0, 0.05) is 32.2 Å². The van der Waals surface area contributed by atoms with Crippen molar-refractivity contribution in [2.75, 3.05) is 13.1 Å². The third-order valence-corrected chi connectivity index (χ3v) is 7.97. The molecule has 1 N–H and O–H groups in total. The SMILES string of the molecule is Cn1c(=O)oc2cc(S(=O)(=O)N3CCC[C@@H](C(=O)NC4CCCCC4)C3)ccc21. The number of fused-ring (bicyclic) bond motifs is 1.